The molecule has 0 aliphatic heterocycles. The minimum Gasteiger partial charge on any atom is -0.492 e. The standard InChI is InChI=1S/C17H19BrClNO/c1-3-9-21-17-8-7-15(11-16(17)19)20-12(2)13-5-4-6-14(18)10-13/h4-8,10-12,20H,3,9H2,1-2H3. The molecule has 21 heavy (non-hydrogen) atoms. The van der Waals surface area contributed by atoms with E-state index in [1.165, 1.54) is 5.56 Å². The van der Waals surface area contributed by atoms with E-state index < -0.39 is 0 Å². The Kier molecular flexibility index (Phi) is 5.95. The zero-order chi connectivity index (χ0) is 15.2. The lowest BCUT2D eigenvalue weighted by molar-refractivity contribution is 0.317. The third kappa shape index (κ3) is 4.65. The predicted molar refractivity (Wildman–Crippen MR) is 93.4 cm³/mol. The lowest BCUT2D eigenvalue weighted by atomic mass is 10.1. The Bertz CT molecular complexity index is 603. The molecule has 0 radical (unpaired) electrons. The van der Waals surface area contributed by atoms with E-state index in [9.17, 15) is 0 Å². The van der Waals surface area contributed by atoms with Crippen LogP contribution in [0.25, 0.3) is 0 Å². The molecule has 0 saturated carbocycles. The first-order chi connectivity index (χ1) is 10.1. The van der Waals surface area contributed by atoms with Gasteiger partial charge in [-0.2, -0.15) is 0 Å². The molecule has 0 aromatic heterocycles. The van der Waals surface area contributed by atoms with E-state index in [1.54, 1.807) is 0 Å². The fraction of sp³-hybridized carbons (Fsp3) is 0.294. The van der Waals surface area contributed by atoms with Crippen molar-refractivity contribution in [3.05, 3.63) is 57.5 Å². The number of ether oxygens (including phenoxy) is 1. The summed E-state index contributed by atoms with van der Waals surface area (Å²) in [6.45, 7) is 4.88. The van der Waals surface area contributed by atoms with Crippen LogP contribution in [0.3, 0.4) is 0 Å². The van der Waals surface area contributed by atoms with E-state index in [0.29, 0.717) is 11.6 Å². The summed E-state index contributed by atoms with van der Waals surface area (Å²) < 4.78 is 6.66. The summed E-state index contributed by atoms with van der Waals surface area (Å²) in [7, 11) is 0. The van der Waals surface area contributed by atoms with Crippen molar-refractivity contribution >= 4 is 33.2 Å². The number of benzene rings is 2. The van der Waals surface area contributed by atoms with Gasteiger partial charge in [-0.05, 0) is 49.2 Å². The van der Waals surface area contributed by atoms with E-state index in [1.807, 2.05) is 30.3 Å². The maximum Gasteiger partial charge on any atom is 0.138 e. The van der Waals surface area contributed by atoms with Crippen molar-refractivity contribution < 1.29 is 4.74 Å². The Morgan fingerprint density at radius 1 is 1.24 bits per heavy atom. The molecule has 0 spiro atoms. The smallest absolute Gasteiger partial charge is 0.138 e. The lowest BCUT2D eigenvalue weighted by Gasteiger charge is -2.17. The van der Waals surface area contributed by atoms with Crippen LogP contribution in [-0.2, 0) is 0 Å². The van der Waals surface area contributed by atoms with Crippen LogP contribution in [0.1, 0.15) is 31.9 Å². The van der Waals surface area contributed by atoms with Crippen LogP contribution in [0, 0.1) is 0 Å². The summed E-state index contributed by atoms with van der Waals surface area (Å²) in [4.78, 5) is 0. The van der Waals surface area contributed by atoms with Crippen LogP contribution in [0.15, 0.2) is 46.9 Å². The number of hydrogen-bond donors (Lipinski definition) is 1. The molecule has 0 aliphatic carbocycles. The van der Waals surface area contributed by atoms with Crippen molar-refractivity contribution in [2.75, 3.05) is 11.9 Å². The molecule has 4 heteroatoms. The van der Waals surface area contributed by atoms with Crippen LogP contribution in [0.4, 0.5) is 5.69 Å². The molecule has 2 aromatic carbocycles. The SMILES string of the molecule is CCCOc1ccc(NC(C)c2cccc(Br)c2)cc1Cl. The number of hydrogen-bond acceptors (Lipinski definition) is 2. The molecule has 0 bridgehead atoms. The highest BCUT2D eigenvalue weighted by atomic mass is 79.9. The highest BCUT2D eigenvalue weighted by molar-refractivity contribution is 9.10. The van der Waals surface area contributed by atoms with Crippen molar-refractivity contribution in [1.29, 1.82) is 0 Å². The number of rotatable bonds is 6. The van der Waals surface area contributed by atoms with Gasteiger partial charge >= 0.3 is 0 Å². The van der Waals surface area contributed by atoms with Crippen molar-refractivity contribution in [3.63, 3.8) is 0 Å². The van der Waals surface area contributed by atoms with Gasteiger partial charge in [-0.15, -0.1) is 0 Å². The van der Waals surface area contributed by atoms with Crippen LogP contribution < -0.4 is 10.1 Å². The molecule has 1 unspecified atom stereocenters. The molecule has 2 rings (SSSR count). The molecular weight excluding hydrogens is 350 g/mol. The first kappa shape index (κ1) is 16.2. The topological polar surface area (TPSA) is 21.3 Å². The normalized spacial score (nSPS) is 12.0. The molecular formula is C17H19BrClNO. The van der Waals surface area contributed by atoms with E-state index in [4.69, 9.17) is 16.3 Å². The highest BCUT2D eigenvalue weighted by Crippen LogP contribution is 2.30. The molecule has 2 nitrogen and oxygen atoms in total. The van der Waals surface area contributed by atoms with E-state index in [0.717, 1.165) is 22.3 Å². The first-order valence-corrected chi connectivity index (χ1v) is 8.21. The second kappa shape index (κ2) is 7.71. The minimum absolute atomic E-state index is 0.195. The molecule has 2 aromatic rings. The Morgan fingerprint density at radius 2 is 2.05 bits per heavy atom. The molecule has 0 fully saturated rings. The Labute approximate surface area is 139 Å². The van der Waals surface area contributed by atoms with Gasteiger partial charge < -0.3 is 10.1 Å². The summed E-state index contributed by atoms with van der Waals surface area (Å²) in [6.07, 6.45) is 0.969. The maximum absolute atomic E-state index is 6.25. The van der Waals surface area contributed by atoms with E-state index >= 15 is 0 Å². The van der Waals surface area contributed by atoms with Crippen LogP contribution in [-0.4, -0.2) is 6.61 Å². The maximum atomic E-state index is 6.25. The number of nitrogens with one attached hydrogen (secondary N) is 1. The van der Waals surface area contributed by atoms with Gasteiger partial charge in [0.15, 0.2) is 0 Å². The fourth-order valence-electron chi connectivity index (χ4n) is 2.03. The number of anilines is 1. The van der Waals surface area contributed by atoms with Crippen molar-refractivity contribution in [3.8, 4) is 5.75 Å². The molecule has 1 N–H and O–H groups in total. The summed E-state index contributed by atoms with van der Waals surface area (Å²) in [6, 6.07) is 14.3. The Hall–Kier alpha value is -1.19. The minimum atomic E-state index is 0.195. The summed E-state index contributed by atoms with van der Waals surface area (Å²) in [5.74, 6) is 0.735. The molecule has 112 valence electrons. The molecule has 1 atom stereocenters. The second-order valence-corrected chi connectivity index (χ2v) is 6.24. The summed E-state index contributed by atoms with van der Waals surface area (Å²) in [5, 5.41) is 4.08. The van der Waals surface area contributed by atoms with Crippen LogP contribution >= 0.6 is 27.5 Å². The van der Waals surface area contributed by atoms with Gasteiger partial charge in [0.25, 0.3) is 0 Å². The van der Waals surface area contributed by atoms with Gasteiger partial charge in [0, 0.05) is 16.2 Å². The van der Waals surface area contributed by atoms with Gasteiger partial charge in [-0.3, -0.25) is 0 Å². The average Bonchev–Trinajstić information content (AvgIpc) is 2.46. The average molecular weight is 369 g/mol. The second-order valence-electron chi connectivity index (χ2n) is 4.91. The Balaban J connectivity index is 2.07. The van der Waals surface area contributed by atoms with Gasteiger partial charge in [0.05, 0.1) is 11.6 Å². The van der Waals surface area contributed by atoms with Gasteiger partial charge in [-0.1, -0.05) is 46.6 Å². The van der Waals surface area contributed by atoms with Crippen molar-refractivity contribution in [2.24, 2.45) is 0 Å². The molecule has 0 saturated heterocycles. The third-order valence-corrected chi connectivity index (χ3v) is 3.91. The monoisotopic (exact) mass is 367 g/mol. The lowest BCUT2D eigenvalue weighted by Crippen LogP contribution is -2.06. The summed E-state index contributed by atoms with van der Waals surface area (Å²) in [5.41, 5.74) is 2.20. The number of halogens is 2. The van der Waals surface area contributed by atoms with Gasteiger partial charge in [-0.25, -0.2) is 0 Å². The van der Waals surface area contributed by atoms with E-state index in [2.05, 4.69) is 47.2 Å². The zero-order valence-corrected chi connectivity index (χ0v) is 14.5. The quantitative estimate of drug-likeness (QED) is 0.668. The van der Waals surface area contributed by atoms with E-state index in [-0.39, 0.29) is 6.04 Å². The van der Waals surface area contributed by atoms with Gasteiger partial charge in [0.1, 0.15) is 5.75 Å². The van der Waals surface area contributed by atoms with Gasteiger partial charge in [0.2, 0.25) is 0 Å². The fourth-order valence-corrected chi connectivity index (χ4v) is 2.68. The van der Waals surface area contributed by atoms with Crippen LogP contribution in [0.2, 0.25) is 5.02 Å². The zero-order valence-electron chi connectivity index (χ0n) is 12.2. The third-order valence-electron chi connectivity index (χ3n) is 3.13. The van der Waals surface area contributed by atoms with Crippen LogP contribution in [0.5, 0.6) is 5.75 Å². The Morgan fingerprint density at radius 3 is 2.71 bits per heavy atom. The van der Waals surface area contributed by atoms with Crippen molar-refractivity contribution in [2.45, 2.75) is 26.3 Å². The highest BCUT2D eigenvalue weighted by Gasteiger charge is 2.08. The first-order valence-electron chi connectivity index (χ1n) is 7.04. The largest absolute Gasteiger partial charge is 0.492 e. The molecule has 0 amide bonds. The predicted octanol–water partition coefficient (Wildman–Crippen LogP) is 6.06. The molecule has 0 heterocycles. The molecule has 0 aliphatic rings. The summed E-state index contributed by atoms with van der Waals surface area (Å²) >= 11 is 9.74. The van der Waals surface area contributed by atoms with Crippen molar-refractivity contribution in [1.82, 2.24) is 0 Å².